The molecule has 31 heavy (non-hydrogen) atoms. The molecule has 1 N–H and O–H groups in total. The third-order valence-corrected chi connectivity index (χ3v) is 6.06. The van der Waals surface area contributed by atoms with Gasteiger partial charge in [0.15, 0.2) is 0 Å². The predicted molar refractivity (Wildman–Crippen MR) is 116 cm³/mol. The summed E-state index contributed by atoms with van der Waals surface area (Å²) in [5.74, 6) is 0.671. The molecule has 0 aliphatic carbocycles. The van der Waals surface area contributed by atoms with Crippen LogP contribution in [0.1, 0.15) is 26.4 Å². The molecule has 1 aliphatic heterocycles. The van der Waals surface area contributed by atoms with Crippen molar-refractivity contribution in [1.29, 1.82) is 5.26 Å². The van der Waals surface area contributed by atoms with Crippen LogP contribution in [0.25, 0.3) is 0 Å². The number of para-hydroxylation sites is 2. The van der Waals surface area contributed by atoms with Gasteiger partial charge in [-0.1, -0.05) is 30.3 Å². The van der Waals surface area contributed by atoms with Crippen LogP contribution < -0.4 is 10.1 Å². The summed E-state index contributed by atoms with van der Waals surface area (Å²) in [4.78, 5) is 27.3. The van der Waals surface area contributed by atoms with Crippen LogP contribution in [0.4, 0.5) is 9.80 Å². The minimum absolute atomic E-state index is 0.352. The Labute approximate surface area is 183 Å². The summed E-state index contributed by atoms with van der Waals surface area (Å²) in [6.45, 7) is 0.817. The Kier molecular flexibility index (Phi) is 5.87. The van der Waals surface area contributed by atoms with Gasteiger partial charge in [-0.05, 0) is 36.2 Å². The van der Waals surface area contributed by atoms with Crippen molar-refractivity contribution in [3.63, 3.8) is 0 Å². The number of hydrogen-bond donors (Lipinski definition) is 1. The van der Waals surface area contributed by atoms with Gasteiger partial charge >= 0.3 is 6.09 Å². The zero-order valence-corrected chi connectivity index (χ0v) is 17.6. The van der Waals surface area contributed by atoms with E-state index in [0.29, 0.717) is 47.1 Å². The van der Waals surface area contributed by atoms with Gasteiger partial charge in [0.25, 0.3) is 5.91 Å². The topological polar surface area (TPSA) is 91.7 Å². The molecule has 0 bridgehead atoms. The number of rotatable bonds is 4. The molecule has 0 radical (unpaired) electrons. The van der Waals surface area contributed by atoms with Crippen molar-refractivity contribution in [3.05, 3.63) is 76.2 Å². The van der Waals surface area contributed by atoms with Gasteiger partial charge in [0.2, 0.25) is 0 Å². The van der Waals surface area contributed by atoms with Gasteiger partial charge in [-0.3, -0.25) is 4.79 Å². The molecule has 2 amide bonds. The highest BCUT2D eigenvalue weighted by Gasteiger charge is 2.28. The zero-order valence-electron chi connectivity index (χ0n) is 16.8. The van der Waals surface area contributed by atoms with E-state index >= 15 is 0 Å². The minimum Gasteiger partial charge on any atom is -0.457 e. The second-order valence-corrected chi connectivity index (χ2v) is 7.93. The number of hydrogen-bond acceptors (Lipinski definition) is 6. The lowest BCUT2D eigenvalue weighted by atomic mass is 10.0. The summed E-state index contributed by atoms with van der Waals surface area (Å²) in [6.07, 6.45) is 0.128. The summed E-state index contributed by atoms with van der Waals surface area (Å²) < 4.78 is 10.7. The van der Waals surface area contributed by atoms with Gasteiger partial charge in [-0.2, -0.15) is 5.26 Å². The number of fused-ring (bicyclic) bond motifs is 1. The van der Waals surface area contributed by atoms with Crippen molar-refractivity contribution in [2.75, 3.05) is 19.0 Å². The van der Waals surface area contributed by atoms with E-state index in [1.807, 2.05) is 30.3 Å². The number of nitrogens with zero attached hydrogens (tertiary/aromatic N) is 2. The molecular weight excluding hydrogens is 414 g/mol. The molecule has 0 fully saturated rings. The molecule has 0 saturated heterocycles. The van der Waals surface area contributed by atoms with Crippen molar-refractivity contribution < 1.29 is 19.1 Å². The van der Waals surface area contributed by atoms with E-state index in [9.17, 15) is 14.9 Å². The maximum atomic E-state index is 13.0. The number of benzene rings is 2. The monoisotopic (exact) mass is 433 g/mol. The maximum Gasteiger partial charge on any atom is 0.409 e. The molecule has 7 nitrogen and oxygen atoms in total. The normalized spacial score (nSPS) is 12.5. The van der Waals surface area contributed by atoms with Gasteiger partial charge in [0.1, 0.15) is 22.6 Å². The Morgan fingerprint density at radius 1 is 1.13 bits per heavy atom. The van der Waals surface area contributed by atoms with Crippen LogP contribution in [0.5, 0.6) is 11.5 Å². The van der Waals surface area contributed by atoms with Crippen LogP contribution in [-0.2, 0) is 17.7 Å². The Bertz CT molecular complexity index is 1170. The molecule has 0 atom stereocenters. The number of carbonyl (C=O) groups is 2. The van der Waals surface area contributed by atoms with E-state index in [1.165, 1.54) is 18.4 Å². The molecule has 1 aliphatic rings. The number of amides is 2. The number of nitriles is 1. The van der Waals surface area contributed by atoms with E-state index < -0.39 is 6.09 Å². The number of carbonyl (C=O) groups excluding carboxylic acids is 2. The number of thiophene rings is 1. The van der Waals surface area contributed by atoms with Crippen LogP contribution in [0.15, 0.2) is 54.6 Å². The summed E-state index contributed by atoms with van der Waals surface area (Å²) in [7, 11) is 1.34. The number of ether oxygens (including phenoxy) is 2. The molecule has 0 unspecified atom stereocenters. The van der Waals surface area contributed by atoms with Crippen LogP contribution >= 0.6 is 11.3 Å². The third kappa shape index (κ3) is 4.22. The highest BCUT2D eigenvalue weighted by molar-refractivity contribution is 7.16. The average Bonchev–Trinajstić information content (AvgIpc) is 3.15. The third-order valence-electron chi connectivity index (χ3n) is 4.93. The molecule has 8 heteroatoms. The van der Waals surface area contributed by atoms with Crippen molar-refractivity contribution in [1.82, 2.24) is 4.90 Å². The summed E-state index contributed by atoms with van der Waals surface area (Å²) >= 11 is 1.31. The first-order chi connectivity index (χ1) is 15.1. The van der Waals surface area contributed by atoms with E-state index in [-0.39, 0.29) is 5.91 Å². The zero-order chi connectivity index (χ0) is 21.8. The summed E-state index contributed by atoms with van der Waals surface area (Å²) in [5.41, 5.74) is 1.67. The number of anilines is 1. The van der Waals surface area contributed by atoms with E-state index in [1.54, 1.807) is 29.2 Å². The Morgan fingerprint density at radius 2 is 1.87 bits per heavy atom. The first kappa shape index (κ1) is 20.4. The highest BCUT2D eigenvalue weighted by Crippen LogP contribution is 2.37. The van der Waals surface area contributed by atoms with E-state index in [4.69, 9.17) is 9.47 Å². The second-order valence-electron chi connectivity index (χ2n) is 6.83. The molecule has 3 aromatic rings. The van der Waals surface area contributed by atoms with Gasteiger partial charge < -0.3 is 19.7 Å². The lowest BCUT2D eigenvalue weighted by molar-refractivity contribution is 0.102. The molecule has 2 heterocycles. The fourth-order valence-electron chi connectivity index (χ4n) is 3.42. The quantitative estimate of drug-likeness (QED) is 0.639. The van der Waals surface area contributed by atoms with Crippen molar-refractivity contribution in [3.8, 4) is 17.6 Å². The van der Waals surface area contributed by atoms with Crippen molar-refractivity contribution >= 4 is 28.3 Å². The largest absolute Gasteiger partial charge is 0.457 e. The van der Waals surface area contributed by atoms with Crippen molar-refractivity contribution in [2.24, 2.45) is 0 Å². The summed E-state index contributed by atoms with van der Waals surface area (Å²) in [6, 6.07) is 18.4. The van der Waals surface area contributed by atoms with Crippen LogP contribution in [0.3, 0.4) is 0 Å². The van der Waals surface area contributed by atoms with Crippen LogP contribution in [0, 0.1) is 11.3 Å². The van der Waals surface area contributed by atoms with Crippen LogP contribution in [0.2, 0.25) is 0 Å². The Morgan fingerprint density at radius 3 is 2.61 bits per heavy atom. The first-order valence-corrected chi connectivity index (χ1v) is 10.4. The smallest absolute Gasteiger partial charge is 0.409 e. The highest BCUT2D eigenvalue weighted by atomic mass is 32.1. The first-order valence-electron chi connectivity index (χ1n) is 9.61. The molecular formula is C23H19N3O4S. The summed E-state index contributed by atoms with van der Waals surface area (Å²) in [5, 5.41) is 13.0. The lowest BCUT2D eigenvalue weighted by Crippen LogP contribution is -2.35. The molecule has 1 aromatic heterocycles. The Balaban J connectivity index is 1.58. The minimum atomic E-state index is -0.407. The standard InChI is InChI=1S/C23H19N3O4S/c1-29-23(28)26-12-11-16-18(13-24)22(31-20(16)14-26)25-21(27)17-9-5-6-10-19(17)30-15-7-3-2-4-8-15/h2-10H,11-12,14H2,1H3,(H,25,27). The molecule has 156 valence electrons. The molecule has 2 aromatic carbocycles. The Hall–Kier alpha value is -3.83. The lowest BCUT2D eigenvalue weighted by Gasteiger charge is -2.25. The fourth-order valence-corrected chi connectivity index (χ4v) is 4.63. The molecule has 0 spiro atoms. The number of methoxy groups -OCH3 is 1. The van der Waals surface area contributed by atoms with Gasteiger partial charge in [0, 0.05) is 11.4 Å². The second kappa shape index (κ2) is 8.90. The number of nitrogens with one attached hydrogen (secondary N) is 1. The molecule has 0 saturated carbocycles. The predicted octanol–water partition coefficient (Wildman–Crippen LogP) is 4.79. The van der Waals surface area contributed by atoms with E-state index in [0.717, 1.165) is 10.4 Å². The van der Waals surface area contributed by atoms with Gasteiger partial charge in [-0.25, -0.2) is 4.79 Å². The van der Waals surface area contributed by atoms with Crippen molar-refractivity contribution in [2.45, 2.75) is 13.0 Å². The SMILES string of the molecule is COC(=O)N1CCc2c(sc(NC(=O)c3ccccc3Oc3ccccc3)c2C#N)C1. The average molecular weight is 433 g/mol. The van der Waals surface area contributed by atoms with Gasteiger partial charge in [-0.15, -0.1) is 11.3 Å². The van der Waals surface area contributed by atoms with Crippen LogP contribution in [-0.4, -0.2) is 30.6 Å². The van der Waals surface area contributed by atoms with E-state index in [2.05, 4.69) is 11.4 Å². The molecule has 4 rings (SSSR count). The van der Waals surface area contributed by atoms with Gasteiger partial charge in [0.05, 0.1) is 24.8 Å². The maximum absolute atomic E-state index is 13.0. The fraction of sp³-hybridized carbons (Fsp3) is 0.174.